The number of carbonyl (C=O) groups excluding carboxylic acids is 2. The van der Waals surface area contributed by atoms with Crippen molar-refractivity contribution in [2.45, 2.75) is 25.4 Å². The highest BCUT2D eigenvalue weighted by Crippen LogP contribution is 2.27. The van der Waals surface area contributed by atoms with Crippen LogP contribution in [0.1, 0.15) is 33.5 Å². The second kappa shape index (κ2) is 7.54. The van der Waals surface area contributed by atoms with E-state index >= 15 is 0 Å². The van der Waals surface area contributed by atoms with Gasteiger partial charge in [-0.1, -0.05) is 18.2 Å². The number of methoxy groups -OCH3 is 1. The molecule has 2 aromatic carbocycles. The molecule has 0 spiro atoms. The van der Waals surface area contributed by atoms with Crippen molar-refractivity contribution in [3.63, 3.8) is 0 Å². The van der Waals surface area contributed by atoms with Crippen LogP contribution < -0.4 is 5.32 Å². The highest BCUT2D eigenvalue weighted by atomic mass is 16.5. The fourth-order valence-electron chi connectivity index (χ4n) is 4.20. The summed E-state index contributed by atoms with van der Waals surface area (Å²) in [5.41, 5.74) is 5.02. The lowest BCUT2D eigenvalue weighted by Gasteiger charge is -2.38. The van der Waals surface area contributed by atoms with Gasteiger partial charge in [0.05, 0.1) is 6.10 Å². The Kier molecular flexibility index (Phi) is 4.71. The number of nitrogens with one attached hydrogen (secondary N) is 1. The molecule has 0 bridgehead atoms. The Balaban J connectivity index is 1.43. The van der Waals surface area contributed by atoms with E-state index in [-0.39, 0.29) is 17.9 Å². The predicted molar refractivity (Wildman–Crippen MR) is 115 cm³/mol. The van der Waals surface area contributed by atoms with Gasteiger partial charge in [-0.3, -0.25) is 14.6 Å². The SMILES string of the molecule is COC1CN(C(=O)c2ccc3cncc(Cc4ccc5c(c4)CCC(=O)N5)c3c2)C1. The number of likely N-dealkylation sites (tertiary alicyclic amines) is 1. The van der Waals surface area contributed by atoms with E-state index in [1.54, 1.807) is 7.11 Å². The number of fused-ring (bicyclic) bond motifs is 2. The number of hydrogen-bond acceptors (Lipinski definition) is 4. The van der Waals surface area contributed by atoms with E-state index in [9.17, 15) is 9.59 Å². The number of ether oxygens (including phenoxy) is 1. The quantitative estimate of drug-likeness (QED) is 0.729. The van der Waals surface area contributed by atoms with Gasteiger partial charge < -0.3 is 15.0 Å². The second-order valence-corrected chi connectivity index (χ2v) is 8.02. The minimum atomic E-state index is 0.0393. The molecule has 1 N–H and O–H groups in total. The van der Waals surface area contributed by atoms with Gasteiger partial charge in [0.15, 0.2) is 0 Å². The Labute approximate surface area is 174 Å². The van der Waals surface area contributed by atoms with E-state index in [0.717, 1.165) is 34.9 Å². The molecule has 6 heteroatoms. The van der Waals surface area contributed by atoms with Crippen LogP contribution in [0.15, 0.2) is 48.8 Å². The van der Waals surface area contributed by atoms with Crippen molar-refractivity contribution < 1.29 is 14.3 Å². The van der Waals surface area contributed by atoms with Crippen LogP contribution in [0.25, 0.3) is 10.8 Å². The molecule has 2 amide bonds. The lowest BCUT2D eigenvalue weighted by molar-refractivity contribution is -0.116. The number of amides is 2. The highest BCUT2D eigenvalue weighted by Gasteiger charge is 2.31. The molecule has 152 valence electrons. The average molecular weight is 401 g/mol. The molecule has 0 aliphatic carbocycles. The summed E-state index contributed by atoms with van der Waals surface area (Å²) in [5.74, 6) is 0.113. The Morgan fingerprint density at radius 2 is 2.03 bits per heavy atom. The largest absolute Gasteiger partial charge is 0.378 e. The number of nitrogens with zero attached hydrogens (tertiary/aromatic N) is 2. The second-order valence-electron chi connectivity index (χ2n) is 8.02. The Bertz CT molecular complexity index is 1150. The van der Waals surface area contributed by atoms with Crippen LogP contribution in [0.2, 0.25) is 0 Å². The monoisotopic (exact) mass is 401 g/mol. The van der Waals surface area contributed by atoms with Gasteiger partial charge in [0.25, 0.3) is 5.91 Å². The van der Waals surface area contributed by atoms with Crippen LogP contribution in [0.3, 0.4) is 0 Å². The molecule has 0 atom stereocenters. The Morgan fingerprint density at radius 1 is 1.17 bits per heavy atom. The molecule has 3 aromatic rings. The third-order valence-corrected chi connectivity index (χ3v) is 6.02. The van der Waals surface area contributed by atoms with Crippen LogP contribution in [-0.4, -0.2) is 48.0 Å². The Morgan fingerprint density at radius 3 is 2.87 bits per heavy atom. The first-order valence-electron chi connectivity index (χ1n) is 10.2. The van der Waals surface area contributed by atoms with Gasteiger partial charge in [-0.25, -0.2) is 0 Å². The van der Waals surface area contributed by atoms with E-state index in [1.807, 2.05) is 47.6 Å². The molecule has 3 heterocycles. The summed E-state index contributed by atoms with van der Waals surface area (Å²) < 4.78 is 5.28. The van der Waals surface area contributed by atoms with Crippen LogP contribution in [0.5, 0.6) is 0 Å². The number of anilines is 1. The van der Waals surface area contributed by atoms with Crippen molar-refractivity contribution in [2.24, 2.45) is 0 Å². The topological polar surface area (TPSA) is 71.5 Å². The summed E-state index contributed by atoms with van der Waals surface area (Å²) in [6.45, 7) is 1.28. The molecule has 0 unspecified atom stereocenters. The third-order valence-electron chi connectivity index (χ3n) is 6.02. The van der Waals surface area contributed by atoms with Crippen LogP contribution in [-0.2, 0) is 22.4 Å². The Hall–Kier alpha value is -3.25. The number of hydrogen-bond donors (Lipinski definition) is 1. The van der Waals surface area contributed by atoms with Crippen LogP contribution in [0.4, 0.5) is 5.69 Å². The molecule has 0 radical (unpaired) electrons. The maximum absolute atomic E-state index is 12.8. The van der Waals surface area contributed by atoms with Gasteiger partial charge in [-0.15, -0.1) is 0 Å². The van der Waals surface area contributed by atoms with Crippen molar-refractivity contribution in [3.05, 3.63) is 71.0 Å². The average Bonchev–Trinajstić information content (AvgIpc) is 2.73. The van der Waals surface area contributed by atoms with Gasteiger partial charge in [-0.05, 0) is 53.1 Å². The molecular weight excluding hydrogens is 378 g/mol. The van der Waals surface area contributed by atoms with E-state index in [2.05, 4.69) is 16.4 Å². The number of carbonyl (C=O) groups is 2. The lowest BCUT2D eigenvalue weighted by atomic mass is 9.95. The number of aryl methyl sites for hydroxylation is 1. The first kappa shape index (κ1) is 18.8. The molecule has 2 aliphatic heterocycles. The fraction of sp³-hybridized carbons (Fsp3) is 0.292. The summed E-state index contributed by atoms with van der Waals surface area (Å²) in [6.07, 6.45) is 5.86. The van der Waals surface area contributed by atoms with Gasteiger partial charge in [-0.2, -0.15) is 0 Å². The van der Waals surface area contributed by atoms with Crippen LogP contribution >= 0.6 is 0 Å². The smallest absolute Gasteiger partial charge is 0.254 e. The lowest BCUT2D eigenvalue weighted by Crippen LogP contribution is -2.54. The standard InChI is InChI=1S/C24H23N3O3/c1-30-20-13-27(14-20)24(29)17-3-4-18-11-25-12-19(21(18)10-17)9-15-2-6-22-16(8-15)5-7-23(28)26-22/h2-4,6,8,10-12,20H,5,7,9,13-14H2,1H3,(H,26,28). The number of aromatic nitrogens is 1. The first-order valence-corrected chi connectivity index (χ1v) is 10.2. The molecule has 1 saturated heterocycles. The molecule has 1 aromatic heterocycles. The van der Waals surface area contributed by atoms with E-state index < -0.39 is 0 Å². The van der Waals surface area contributed by atoms with E-state index in [0.29, 0.717) is 25.1 Å². The zero-order valence-corrected chi connectivity index (χ0v) is 16.9. The van der Waals surface area contributed by atoms with Crippen molar-refractivity contribution in [1.29, 1.82) is 0 Å². The summed E-state index contributed by atoms with van der Waals surface area (Å²) in [7, 11) is 1.68. The zero-order valence-electron chi connectivity index (χ0n) is 16.9. The summed E-state index contributed by atoms with van der Waals surface area (Å²) in [5, 5.41) is 4.99. The highest BCUT2D eigenvalue weighted by molar-refractivity contribution is 5.99. The predicted octanol–water partition coefficient (Wildman–Crippen LogP) is 3.18. The van der Waals surface area contributed by atoms with Gasteiger partial charge in [0.2, 0.25) is 5.91 Å². The molecule has 5 rings (SSSR count). The third kappa shape index (κ3) is 3.44. The maximum Gasteiger partial charge on any atom is 0.254 e. The van der Waals surface area contributed by atoms with Crippen molar-refractivity contribution in [2.75, 3.05) is 25.5 Å². The van der Waals surface area contributed by atoms with Crippen LogP contribution in [0, 0.1) is 0 Å². The normalized spacial score (nSPS) is 16.2. The van der Waals surface area contributed by atoms with Crippen molar-refractivity contribution >= 4 is 28.3 Å². The van der Waals surface area contributed by atoms with E-state index in [1.165, 1.54) is 11.1 Å². The molecule has 30 heavy (non-hydrogen) atoms. The summed E-state index contributed by atoms with van der Waals surface area (Å²) in [6, 6.07) is 12.0. The van der Waals surface area contributed by atoms with E-state index in [4.69, 9.17) is 4.74 Å². The van der Waals surface area contributed by atoms with Crippen molar-refractivity contribution in [1.82, 2.24) is 9.88 Å². The van der Waals surface area contributed by atoms with Gasteiger partial charge in [0.1, 0.15) is 0 Å². The molecule has 6 nitrogen and oxygen atoms in total. The first-order chi connectivity index (χ1) is 14.6. The number of pyridine rings is 1. The fourth-order valence-corrected chi connectivity index (χ4v) is 4.20. The summed E-state index contributed by atoms with van der Waals surface area (Å²) in [4.78, 5) is 30.6. The molecular formula is C24H23N3O3. The number of rotatable bonds is 4. The molecule has 0 saturated carbocycles. The minimum Gasteiger partial charge on any atom is -0.378 e. The summed E-state index contributed by atoms with van der Waals surface area (Å²) >= 11 is 0. The maximum atomic E-state index is 12.8. The van der Waals surface area contributed by atoms with Gasteiger partial charge >= 0.3 is 0 Å². The van der Waals surface area contributed by atoms with Gasteiger partial charge in [0, 0.05) is 55.7 Å². The molecule has 1 fully saturated rings. The minimum absolute atomic E-state index is 0.0393. The molecule has 2 aliphatic rings. The zero-order chi connectivity index (χ0) is 20.7. The number of benzene rings is 2. The van der Waals surface area contributed by atoms with Crippen molar-refractivity contribution in [3.8, 4) is 0 Å².